The van der Waals surface area contributed by atoms with E-state index >= 15 is 0 Å². The number of amides is 2. The van der Waals surface area contributed by atoms with E-state index in [1.54, 1.807) is 42.5 Å². The molecular formula is C28H24BrN3O4. The standard InChI is InChI=1S/C28H24BrN3O4/c1-17-21(22-4-2-3-5-23(22)31-17)12-13-30-28(34)24(32-27(33)19-7-9-20(29)10-8-19)14-18-6-11-25-26(15-18)36-16-35-25/h2-11,14-15,31H,12-13,16H2,1H3,(H,30,34)(H,32,33). The largest absolute Gasteiger partial charge is 0.454 e. The van der Waals surface area contributed by atoms with Gasteiger partial charge in [0.25, 0.3) is 11.8 Å². The van der Waals surface area contributed by atoms with Crippen LogP contribution in [0.5, 0.6) is 11.5 Å². The van der Waals surface area contributed by atoms with E-state index in [0.717, 1.165) is 26.6 Å². The number of para-hydroxylation sites is 1. The van der Waals surface area contributed by atoms with Crippen LogP contribution in [0.3, 0.4) is 0 Å². The smallest absolute Gasteiger partial charge is 0.267 e. The van der Waals surface area contributed by atoms with Crippen LogP contribution < -0.4 is 20.1 Å². The van der Waals surface area contributed by atoms with Crippen LogP contribution in [0.1, 0.15) is 27.2 Å². The number of nitrogens with one attached hydrogen (secondary N) is 3. The fourth-order valence-corrected chi connectivity index (χ4v) is 4.44. The monoisotopic (exact) mass is 545 g/mol. The van der Waals surface area contributed by atoms with Gasteiger partial charge in [0.1, 0.15) is 5.70 Å². The number of aromatic nitrogens is 1. The van der Waals surface area contributed by atoms with Crippen LogP contribution in [0.2, 0.25) is 0 Å². The van der Waals surface area contributed by atoms with Gasteiger partial charge in [0, 0.05) is 33.2 Å². The Labute approximate surface area is 216 Å². The minimum Gasteiger partial charge on any atom is -0.454 e. The van der Waals surface area contributed by atoms with Crippen molar-refractivity contribution in [3.63, 3.8) is 0 Å². The molecule has 7 nitrogen and oxygen atoms in total. The Morgan fingerprint density at radius 2 is 1.81 bits per heavy atom. The number of aromatic amines is 1. The van der Waals surface area contributed by atoms with E-state index in [9.17, 15) is 9.59 Å². The van der Waals surface area contributed by atoms with Gasteiger partial charge < -0.3 is 25.1 Å². The van der Waals surface area contributed by atoms with Gasteiger partial charge in [-0.2, -0.15) is 0 Å². The van der Waals surface area contributed by atoms with Gasteiger partial charge >= 0.3 is 0 Å². The van der Waals surface area contributed by atoms with Crippen molar-refractivity contribution in [2.45, 2.75) is 13.3 Å². The minimum atomic E-state index is -0.379. The third kappa shape index (κ3) is 5.13. The van der Waals surface area contributed by atoms with E-state index in [1.807, 2.05) is 31.2 Å². The van der Waals surface area contributed by atoms with Gasteiger partial charge in [-0.3, -0.25) is 9.59 Å². The van der Waals surface area contributed by atoms with Gasteiger partial charge in [-0.25, -0.2) is 0 Å². The van der Waals surface area contributed by atoms with Crippen molar-refractivity contribution in [3.05, 3.63) is 99.3 Å². The first-order valence-electron chi connectivity index (χ1n) is 11.5. The summed E-state index contributed by atoms with van der Waals surface area (Å²) in [5.41, 5.74) is 4.58. The molecule has 1 aliphatic rings. The lowest BCUT2D eigenvalue weighted by Crippen LogP contribution is -2.35. The molecule has 4 aromatic rings. The predicted molar refractivity (Wildman–Crippen MR) is 142 cm³/mol. The van der Waals surface area contributed by atoms with Crippen molar-refractivity contribution >= 4 is 44.7 Å². The molecule has 36 heavy (non-hydrogen) atoms. The number of carbonyl (C=O) groups excluding carboxylic acids is 2. The van der Waals surface area contributed by atoms with Gasteiger partial charge in [0.2, 0.25) is 6.79 Å². The Hall–Kier alpha value is -4.04. The average Bonchev–Trinajstić information content (AvgIpc) is 3.47. The Morgan fingerprint density at radius 3 is 2.64 bits per heavy atom. The summed E-state index contributed by atoms with van der Waals surface area (Å²) in [5, 5.41) is 6.86. The molecular weight excluding hydrogens is 522 g/mol. The molecule has 0 unspecified atom stereocenters. The van der Waals surface area contributed by atoms with Gasteiger partial charge in [-0.1, -0.05) is 40.2 Å². The van der Waals surface area contributed by atoms with Crippen LogP contribution in [0.4, 0.5) is 0 Å². The lowest BCUT2D eigenvalue weighted by molar-refractivity contribution is -0.117. The van der Waals surface area contributed by atoms with Gasteiger partial charge in [0.05, 0.1) is 0 Å². The van der Waals surface area contributed by atoms with E-state index in [-0.39, 0.29) is 24.3 Å². The number of hydrogen-bond acceptors (Lipinski definition) is 4. The van der Waals surface area contributed by atoms with E-state index in [2.05, 4.69) is 37.6 Å². The van der Waals surface area contributed by atoms with Crippen molar-refractivity contribution in [3.8, 4) is 11.5 Å². The Kier molecular flexibility index (Phi) is 6.77. The van der Waals surface area contributed by atoms with Crippen LogP contribution in [0, 0.1) is 6.92 Å². The molecule has 0 aliphatic carbocycles. The highest BCUT2D eigenvalue weighted by Gasteiger charge is 2.17. The van der Waals surface area contributed by atoms with Crippen LogP contribution in [-0.2, 0) is 11.2 Å². The maximum absolute atomic E-state index is 13.2. The lowest BCUT2D eigenvalue weighted by Gasteiger charge is -2.12. The van der Waals surface area contributed by atoms with E-state index in [0.29, 0.717) is 35.6 Å². The van der Waals surface area contributed by atoms with Crippen LogP contribution in [0.25, 0.3) is 17.0 Å². The molecule has 0 bridgehead atoms. The summed E-state index contributed by atoms with van der Waals surface area (Å²) in [7, 11) is 0. The number of fused-ring (bicyclic) bond motifs is 2. The molecule has 3 N–H and O–H groups in total. The molecule has 1 aromatic heterocycles. The number of benzene rings is 3. The van der Waals surface area contributed by atoms with Crippen molar-refractivity contribution in [1.29, 1.82) is 0 Å². The summed E-state index contributed by atoms with van der Waals surface area (Å²) in [6.07, 6.45) is 2.28. The van der Waals surface area contributed by atoms with E-state index in [4.69, 9.17) is 9.47 Å². The zero-order chi connectivity index (χ0) is 25.1. The maximum atomic E-state index is 13.2. The molecule has 2 amide bonds. The molecule has 0 atom stereocenters. The number of halogens is 1. The summed E-state index contributed by atoms with van der Waals surface area (Å²) in [4.78, 5) is 29.5. The first-order chi connectivity index (χ1) is 17.5. The molecule has 0 fully saturated rings. The summed E-state index contributed by atoms with van der Waals surface area (Å²) in [6, 6.07) is 20.4. The van der Waals surface area contributed by atoms with Crippen molar-refractivity contribution in [1.82, 2.24) is 15.6 Å². The molecule has 0 saturated carbocycles. The quantitative estimate of drug-likeness (QED) is 0.282. The molecule has 1 aliphatic heterocycles. The number of aryl methyl sites for hydroxylation is 1. The minimum absolute atomic E-state index is 0.137. The van der Waals surface area contributed by atoms with Crippen LogP contribution >= 0.6 is 15.9 Å². The molecule has 0 saturated heterocycles. The topological polar surface area (TPSA) is 92.5 Å². The van der Waals surface area contributed by atoms with Gasteiger partial charge in [-0.05, 0) is 73.0 Å². The second-order valence-corrected chi connectivity index (χ2v) is 9.33. The van der Waals surface area contributed by atoms with Crippen molar-refractivity contribution < 1.29 is 19.1 Å². The normalized spacial score (nSPS) is 12.6. The number of rotatable bonds is 7. The average molecular weight is 546 g/mol. The summed E-state index contributed by atoms with van der Waals surface area (Å²) in [5.74, 6) is 0.483. The highest BCUT2D eigenvalue weighted by Crippen LogP contribution is 2.33. The zero-order valence-corrected chi connectivity index (χ0v) is 21.1. The highest BCUT2D eigenvalue weighted by atomic mass is 79.9. The molecule has 2 heterocycles. The molecule has 5 rings (SSSR count). The first kappa shape index (κ1) is 23.7. The number of carbonyl (C=O) groups is 2. The SMILES string of the molecule is Cc1[nH]c2ccccc2c1CCNC(=O)C(=Cc1ccc2c(c1)OCO2)NC(=O)c1ccc(Br)cc1. The van der Waals surface area contributed by atoms with Gasteiger partial charge in [-0.15, -0.1) is 0 Å². The Balaban J connectivity index is 1.35. The maximum Gasteiger partial charge on any atom is 0.267 e. The predicted octanol–water partition coefficient (Wildman–Crippen LogP) is 5.10. The van der Waals surface area contributed by atoms with Crippen molar-refractivity contribution in [2.24, 2.45) is 0 Å². The van der Waals surface area contributed by atoms with Crippen LogP contribution in [0.15, 0.2) is 76.9 Å². The van der Waals surface area contributed by atoms with Gasteiger partial charge in [0.15, 0.2) is 11.5 Å². The molecule has 182 valence electrons. The summed E-state index contributed by atoms with van der Waals surface area (Å²) in [6.45, 7) is 2.60. The molecule has 8 heteroatoms. The van der Waals surface area contributed by atoms with Crippen molar-refractivity contribution in [2.75, 3.05) is 13.3 Å². The molecule has 0 spiro atoms. The third-order valence-corrected chi connectivity index (χ3v) is 6.52. The zero-order valence-electron chi connectivity index (χ0n) is 19.6. The number of H-pyrrole nitrogens is 1. The van der Waals surface area contributed by atoms with Crippen LogP contribution in [-0.4, -0.2) is 30.1 Å². The second kappa shape index (κ2) is 10.3. The lowest BCUT2D eigenvalue weighted by atomic mass is 10.1. The Morgan fingerprint density at radius 1 is 1.03 bits per heavy atom. The molecule has 3 aromatic carbocycles. The third-order valence-electron chi connectivity index (χ3n) is 5.99. The van der Waals surface area contributed by atoms with E-state index in [1.165, 1.54) is 0 Å². The Bertz CT molecular complexity index is 1470. The number of ether oxygens (including phenoxy) is 2. The fraction of sp³-hybridized carbons (Fsp3) is 0.143. The fourth-order valence-electron chi connectivity index (χ4n) is 4.18. The highest BCUT2D eigenvalue weighted by molar-refractivity contribution is 9.10. The second-order valence-electron chi connectivity index (χ2n) is 8.41. The molecule has 0 radical (unpaired) electrons. The first-order valence-corrected chi connectivity index (χ1v) is 12.3. The van der Waals surface area contributed by atoms with E-state index < -0.39 is 0 Å². The summed E-state index contributed by atoms with van der Waals surface area (Å²) >= 11 is 3.37. The summed E-state index contributed by atoms with van der Waals surface area (Å²) < 4.78 is 11.7. The number of hydrogen-bond donors (Lipinski definition) is 3.